The molecule has 0 unspecified atom stereocenters. The number of hydrogen-bond donors (Lipinski definition) is 1. The smallest absolute Gasteiger partial charge is 0.158 e. The van der Waals surface area contributed by atoms with E-state index in [0.29, 0.717) is 32.3 Å². The Morgan fingerprint density at radius 1 is 1.20 bits per heavy atom. The van der Waals surface area contributed by atoms with Crippen molar-refractivity contribution in [2.24, 2.45) is 0 Å². The number of hydrogen-bond acceptors (Lipinski definition) is 4. The molecule has 0 aliphatic carbocycles. The Balaban J connectivity index is 3.02. The lowest BCUT2D eigenvalue weighted by Crippen LogP contribution is -2.27. The minimum absolute atomic E-state index is 0.136. The second-order valence-electron chi connectivity index (χ2n) is 3.67. The average molecular weight is 217 g/mol. The van der Waals surface area contributed by atoms with Gasteiger partial charge in [0.05, 0.1) is 19.8 Å². The molecule has 4 nitrogen and oxygen atoms in total. The SMILES string of the molecule is CCC(=O)COCCOCCNC(C)C. The van der Waals surface area contributed by atoms with E-state index in [4.69, 9.17) is 9.47 Å². The van der Waals surface area contributed by atoms with Gasteiger partial charge >= 0.3 is 0 Å². The Morgan fingerprint density at radius 3 is 2.47 bits per heavy atom. The van der Waals surface area contributed by atoms with E-state index < -0.39 is 0 Å². The zero-order valence-electron chi connectivity index (χ0n) is 10.0. The molecule has 0 aliphatic heterocycles. The summed E-state index contributed by atoms with van der Waals surface area (Å²) in [6, 6.07) is 0.493. The van der Waals surface area contributed by atoms with Crippen molar-refractivity contribution in [3.05, 3.63) is 0 Å². The maximum absolute atomic E-state index is 10.8. The van der Waals surface area contributed by atoms with E-state index >= 15 is 0 Å². The molecule has 0 saturated carbocycles. The largest absolute Gasteiger partial charge is 0.378 e. The first kappa shape index (κ1) is 14.6. The summed E-state index contributed by atoms with van der Waals surface area (Å²) < 4.78 is 10.4. The fraction of sp³-hybridized carbons (Fsp3) is 0.909. The zero-order valence-corrected chi connectivity index (χ0v) is 10.0. The van der Waals surface area contributed by atoms with Gasteiger partial charge in [0, 0.05) is 19.0 Å². The predicted molar refractivity (Wildman–Crippen MR) is 60.1 cm³/mol. The van der Waals surface area contributed by atoms with Gasteiger partial charge in [0.2, 0.25) is 0 Å². The van der Waals surface area contributed by atoms with Gasteiger partial charge in [-0.15, -0.1) is 0 Å². The van der Waals surface area contributed by atoms with Crippen LogP contribution in [-0.4, -0.2) is 44.8 Å². The molecule has 0 aromatic heterocycles. The summed E-state index contributed by atoms with van der Waals surface area (Å²) in [4.78, 5) is 10.8. The third-order valence-electron chi connectivity index (χ3n) is 1.83. The summed E-state index contributed by atoms with van der Waals surface area (Å²) in [5, 5.41) is 3.24. The first-order chi connectivity index (χ1) is 7.16. The molecule has 0 aromatic carbocycles. The quantitative estimate of drug-likeness (QED) is 0.555. The molecule has 0 bridgehead atoms. The van der Waals surface area contributed by atoms with Crippen molar-refractivity contribution >= 4 is 5.78 Å². The monoisotopic (exact) mass is 217 g/mol. The van der Waals surface area contributed by atoms with E-state index in [1.54, 1.807) is 0 Å². The minimum atomic E-state index is 0.136. The van der Waals surface area contributed by atoms with Crippen LogP contribution in [0.2, 0.25) is 0 Å². The van der Waals surface area contributed by atoms with Crippen molar-refractivity contribution in [2.45, 2.75) is 33.2 Å². The Bertz CT molecular complexity index is 160. The second kappa shape index (κ2) is 10.1. The molecule has 0 atom stereocenters. The highest BCUT2D eigenvalue weighted by atomic mass is 16.5. The molecule has 0 aliphatic rings. The normalized spacial score (nSPS) is 10.9. The van der Waals surface area contributed by atoms with Gasteiger partial charge in [0.25, 0.3) is 0 Å². The summed E-state index contributed by atoms with van der Waals surface area (Å²) in [6.07, 6.45) is 0.541. The highest BCUT2D eigenvalue weighted by Gasteiger charge is 1.97. The Hall–Kier alpha value is -0.450. The number of rotatable bonds is 10. The van der Waals surface area contributed by atoms with Crippen molar-refractivity contribution in [3.8, 4) is 0 Å². The standard InChI is InChI=1S/C11H23NO3/c1-4-11(13)9-15-8-7-14-6-5-12-10(2)3/h10,12H,4-9H2,1-3H3. The van der Waals surface area contributed by atoms with E-state index in [1.807, 2.05) is 6.92 Å². The fourth-order valence-corrected chi connectivity index (χ4v) is 0.928. The molecule has 0 fully saturated rings. The van der Waals surface area contributed by atoms with Crippen LogP contribution < -0.4 is 5.32 Å². The van der Waals surface area contributed by atoms with Gasteiger partial charge < -0.3 is 14.8 Å². The number of carbonyl (C=O) groups is 1. The molecule has 0 saturated heterocycles. The van der Waals surface area contributed by atoms with E-state index in [1.165, 1.54) is 0 Å². The van der Waals surface area contributed by atoms with Gasteiger partial charge in [-0.05, 0) is 0 Å². The number of ether oxygens (including phenoxy) is 2. The molecule has 0 heterocycles. The van der Waals surface area contributed by atoms with Gasteiger partial charge in [-0.1, -0.05) is 20.8 Å². The van der Waals surface area contributed by atoms with Crippen LogP contribution >= 0.6 is 0 Å². The van der Waals surface area contributed by atoms with Crippen molar-refractivity contribution in [1.29, 1.82) is 0 Å². The molecule has 0 aromatic rings. The molecule has 0 rings (SSSR count). The van der Waals surface area contributed by atoms with Crippen LogP contribution in [0.4, 0.5) is 0 Å². The summed E-state index contributed by atoms with van der Waals surface area (Å²) in [7, 11) is 0. The van der Waals surface area contributed by atoms with Crippen LogP contribution in [0.15, 0.2) is 0 Å². The second-order valence-corrected chi connectivity index (χ2v) is 3.67. The van der Waals surface area contributed by atoms with Gasteiger partial charge in [-0.3, -0.25) is 4.79 Å². The Morgan fingerprint density at radius 2 is 1.87 bits per heavy atom. The molecular formula is C11H23NO3. The fourth-order valence-electron chi connectivity index (χ4n) is 0.928. The van der Waals surface area contributed by atoms with E-state index in [9.17, 15) is 4.79 Å². The molecule has 4 heteroatoms. The van der Waals surface area contributed by atoms with E-state index in [2.05, 4.69) is 19.2 Å². The Labute approximate surface area is 92.3 Å². The lowest BCUT2D eigenvalue weighted by atomic mass is 10.3. The number of ketones is 1. The average Bonchev–Trinajstić information content (AvgIpc) is 2.21. The van der Waals surface area contributed by atoms with Crippen LogP contribution in [0.5, 0.6) is 0 Å². The minimum Gasteiger partial charge on any atom is -0.378 e. The predicted octanol–water partition coefficient (Wildman–Crippen LogP) is 0.997. The Kier molecular flexibility index (Phi) is 9.78. The van der Waals surface area contributed by atoms with Crippen LogP contribution in [-0.2, 0) is 14.3 Å². The van der Waals surface area contributed by atoms with Crippen molar-refractivity contribution in [1.82, 2.24) is 5.32 Å². The molecule has 0 spiro atoms. The number of carbonyl (C=O) groups excluding carboxylic acids is 1. The first-order valence-electron chi connectivity index (χ1n) is 5.57. The van der Waals surface area contributed by atoms with Crippen molar-refractivity contribution < 1.29 is 14.3 Å². The number of nitrogens with one attached hydrogen (secondary N) is 1. The summed E-state index contributed by atoms with van der Waals surface area (Å²) in [6.45, 7) is 8.82. The van der Waals surface area contributed by atoms with Crippen molar-refractivity contribution in [2.75, 3.05) is 33.0 Å². The third-order valence-corrected chi connectivity index (χ3v) is 1.83. The highest BCUT2D eigenvalue weighted by molar-refractivity contribution is 5.79. The van der Waals surface area contributed by atoms with E-state index in [0.717, 1.165) is 6.54 Å². The van der Waals surface area contributed by atoms with Crippen LogP contribution in [0.1, 0.15) is 27.2 Å². The highest BCUT2D eigenvalue weighted by Crippen LogP contribution is 1.84. The van der Waals surface area contributed by atoms with Crippen LogP contribution in [0.3, 0.4) is 0 Å². The number of Topliss-reactive ketones (excluding diaryl/α,β-unsaturated/α-hetero) is 1. The van der Waals surface area contributed by atoms with Crippen LogP contribution in [0, 0.1) is 0 Å². The van der Waals surface area contributed by atoms with Gasteiger partial charge in [-0.25, -0.2) is 0 Å². The summed E-state index contributed by atoms with van der Waals surface area (Å²) in [5.74, 6) is 0.136. The van der Waals surface area contributed by atoms with Crippen LogP contribution in [0.25, 0.3) is 0 Å². The van der Waals surface area contributed by atoms with Gasteiger partial charge in [0.1, 0.15) is 6.61 Å². The molecule has 0 amide bonds. The molecular weight excluding hydrogens is 194 g/mol. The zero-order chi connectivity index (χ0) is 11.5. The topological polar surface area (TPSA) is 47.6 Å². The lowest BCUT2D eigenvalue weighted by molar-refractivity contribution is -0.123. The lowest BCUT2D eigenvalue weighted by Gasteiger charge is -2.08. The van der Waals surface area contributed by atoms with Gasteiger partial charge in [-0.2, -0.15) is 0 Å². The van der Waals surface area contributed by atoms with Crippen molar-refractivity contribution in [3.63, 3.8) is 0 Å². The molecule has 90 valence electrons. The molecule has 1 N–H and O–H groups in total. The molecule has 0 radical (unpaired) electrons. The third kappa shape index (κ3) is 11.5. The summed E-state index contributed by atoms with van der Waals surface area (Å²) in [5.41, 5.74) is 0. The summed E-state index contributed by atoms with van der Waals surface area (Å²) >= 11 is 0. The maximum atomic E-state index is 10.8. The first-order valence-corrected chi connectivity index (χ1v) is 5.57. The van der Waals surface area contributed by atoms with E-state index in [-0.39, 0.29) is 12.4 Å². The van der Waals surface area contributed by atoms with Gasteiger partial charge in [0.15, 0.2) is 5.78 Å². The molecule has 15 heavy (non-hydrogen) atoms. The maximum Gasteiger partial charge on any atom is 0.158 e.